The number of nitrogens with two attached hydrogens (primary N) is 1. The van der Waals surface area contributed by atoms with Crippen LogP contribution in [0.1, 0.15) is 52.2 Å². The smallest absolute Gasteiger partial charge is 0.280 e. The van der Waals surface area contributed by atoms with Gasteiger partial charge in [-0.3, -0.25) is 19.0 Å². The van der Waals surface area contributed by atoms with Crippen molar-refractivity contribution >= 4 is 39.1 Å². The maximum atomic E-state index is 13.7. The minimum Gasteiger partial charge on any atom is -0.365 e. The van der Waals surface area contributed by atoms with E-state index in [1.807, 2.05) is 26.8 Å². The predicted octanol–water partition coefficient (Wildman–Crippen LogP) is 4.37. The van der Waals surface area contributed by atoms with Gasteiger partial charge in [0.15, 0.2) is 0 Å². The summed E-state index contributed by atoms with van der Waals surface area (Å²) < 4.78 is 30.8. The number of thiophene rings is 1. The van der Waals surface area contributed by atoms with Crippen LogP contribution in [0.15, 0.2) is 18.3 Å². The third-order valence-electron chi connectivity index (χ3n) is 5.61. The number of primary amides is 1. The van der Waals surface area contributed by atoms with Crippen molar-refractivity contribution in [2.45, 2.75) is 53.6 Å². The summed E-state index contributed by atoms with van der Waals surface area (Å²) in [5.41, 5.74) is 8.72. The molecule has 35 heavy (non-hydrogen) atoms. The Hall–Kier alpha value is -3.67. The molecule has 0 saturated carbocycles. The van der Waals surface area contributed by atoms with E-state index in [4.69, 9.17) is 5.73 Å². The van der Waals surface area contributed by atoms with Crippen molar-refractivity contribution < 1.29 is 18.4 Å². The van der Waals surface area contributed by atoms with Crippen LogP contribution in [0.3, 0.4) is 0 Å². The minimum absolute atomic E-state index is 0.0418. The molecule has 12 heteroatoms. The molecule has 9 nitrogen and oxygen atoms in total. The van der Waals surface area contributed by atoms with E-state index in [0.29, 0.717) is 35.3 Å². The second kappa shape index (κ2) is 9.53. The second-order valence-corrected chi connectivity index (χ2v) is 9.18. The first-order chi connectivity index (χ1) is 16.6. The quantitative estimate of drug-likeness (QED) is 0.371. The zero-order chi connectivity index (χ0) is 25.4. The van der Waals surface area contributed by atoms with Gasteiger partial charge in [-0.2, -0.15) is 10.2 Å². The Labute approximate surface area is 203 Å². The fraction of sp³-hybridized carbons (Fsp3) is 0.348. The molecule has 0 aliphatic heterocycles. The van der Waals surface area contributed by atoms with Crippen molar-refractivity contribution in [1.82, 2.24) is 24.5 Å². The number of amides is 2. The molecule has 4 aromatic heterocycles. The van der Waals surface area contributed by atoms with Crippen LogP contribution in [0.25, 0.3) is 21.3 Å². The molecule has 0 unspecified atom stereocenters. The molecule has 0 saturated heterocycles. The summed E-state index contributed by atoms with van der Waals surface area (Å²) in [6.45, 7) is 8.36. The summed E-state index contributed by atoms with van der Waals surface area (Å²) in [6, 6.07) is 3.19. The van der Waals surface area contributed by atoms with Gasteiger partial charge in [-0.1, -0.05) is 0 Å². The summed E-state index contributed by atoms with van der Waals surface area (Å²) in [7, 11) is 0. The number of aromatic nitrogens is 5. The van der Waals surface area contributed by atoms with E-state index in [-0.39, 0.29) is 27.7 Å². The molecule has 0 fully saturated rings. The molecule has 4 rings (SSSR count). The van der Waals surface area contributed by atoms with E-state index in [9.17, 15) is 18.4 Å². The summed E-state index contributed by atoms with van der Waals surface area (Å²) in [5.74, 6) is -1.16. The highest BCUT2D eigenvalue weighted by atomic mass is 32.1. The average molecular weight is 502 g/mol. The SMILES string of the molecule is CCn1cc(-c2cc(C(F)F)nc3sc(C(N)=O)c(NC(=O)CCn4nc(C)cc4C)c23)c(C)n1. The maximum absolute atomic E-state index is 13.7. The van der Waals surface area contributed by atoms with Crippen LogP contribution in [0, 0.1) is 20.8 Å². The predicted molar refractivity (Wildman–Crippen MR) is 130 cm³/mol. The lowest BCUT2D eigenvalue weighted by Crippen LogP contribution is -2.18. The average Bonchev–Trinajstić information content (AvgIpc) is 3.46. The van der Waals surface area contributed by atoms with Gasteiger partial charge < -0.3 is 11.1 Å². The van der Waals surface area contributed by atoms with Gasteiger partial charge in [-0.15, -0.1) is 11.3 Å². The zero-order valence-corrected chi connectivity index (χ0v) is 20.5. The highest BCUT2D eigenvalue weighted by molar-refractivity contribution is 7.21. The lowest BCUT2D eigenvalue weighted by Gasteiger charge is -2.11. The van der Waals surface area contributed by atoms with Crippen molar-refractivity contribution in [2.24, 2.45) is 5.73 Å². The molecule has 4 aromatic rings. The fourth-order valence-corrected chi connectivity index (χ4v) is 5.00. The Bertz CT molecular complexity index is 1440. The van der Waals surface area contributed by atoms with Gasteiger partial charge in [0.1, 0.15) is 15.4 Å². The van der Waals surface area contributed by atoms with Crippen LogP contribution in [0.5, 0.6) is 0 Å². The molecular weight excluding hydrogens is 476 g/mol. The maximum Gasteiger partial charge on any atom is 0.280 e. The van der Waals surface area contributed by atoms with Crippen LogP contribution >= 0.6 is 11.3 Å². The Balaban J connectivity index is 1.81. The van der Waals surface area contributed by atoms with Gasteiger partial charge >= 0.3 is 0 Å². The van der Waals surface area contributed by atoms with Gasteiger partial charge in [-0.25, -0.2) is 13.8 Å². The van der Waals surface area contributed by atoms with Gasteiger partial charge in [-0.05, 0) is 45.4 Å². The molecule has 0 aromatic carbocycles. The van der Waals surface area contributed by atoms with Crippen molar-refractivity contribution in [3.63, 3.8) is 0 Å². The Morgan fingerprint density at radius 1 is 1.17 bits per heavy atom. The van der Waals surface area contributed by atoms with Crippen molar-refractivity contribution in [1.29, 1.82) is 0 Å². The van der Waals surface area contributed by atoms with E-state index < -0.39 is 18.0 Å². The zero-order valence-electron chi connectivity index (χ0n) is 19.7. The number of anilines is 1. The molecule has 0 bridgehead atoms. The molecule has 0 aliphatic rings. The summed E-state index contributed by atoms with van der Waals surface area (Å²) in [5, 5.41) is 11.9. The molecule has 3 N–H and O–H groups in total. The number of carbonyl (C=O) groups excluding carboxylic acids is 2. The summed E-state index contributed by atoms with van der Waals surface area (Å²) in [4.78, 5) is 29.5. The third-order valence-corrected chi connectivity index (χ3v) is 6.71. The Morgan fingerprint density at radius 2 is 1.91 bits per heavy atom. The van der Waals surface area contributed by atoms with Crippen LogP contribution in [-0.2, 0) is 17.9 Å². The van der Waals surface area contributed by atoms with Crippen molar-refractivity contribution in [3.05, 3.63) is 46.0 Å². The highest BCUT2D eigenvalue weighted by Crippen LogP contribution is 2.43. The molecular formula is C23H25F2N7O2S. The van der Waals surface area contributed by atoms with Crippen molar-refractivity contribution in [2.75, 3.05) is 5.32 Å². The molecule has 4 heterocycles. The first kappa shape index (κ1) is 24.5. The number of fused-ring (bicyclic) bond motifs is 1. The number of nitrogens with zero attached hydrogens (tertiary/aromatic N) is 5. The fourth-order valence-electron chi connectivity index (χ4n) is 3.99. The van der Waals surface area contributed by atoms with Crippen LogP contribution in [-0.4, -0.2) is 36.4 Å². The van der Waals surface area contributed by atoms with Crippen molar-refractivity contribution in [3.8, 4) is 11.1 Å². The first-order valence-corrected chi connectivity index (χ1v) is 11.8. The summed E-state index contributed by atoms with van der Waals surface area (Å²) >= 11 is 0.875. The molecule has 0 spiro atoms. The Morgan fingerprint density at radius 3 is 2.49 bits per heavy atom. The van der Waals surface area contributed by atoms with Crippen LogP contribution in [0.2, 0.25) is 0 Å². The largest absolute Gasteiger partial charge is 0.365 e. The lowest BCUT2D eigenvalue weighted by atomic mass is 10.0. The van der Waals surface area contributed by atoms with Gasteiger partial charge in [0, 0.05) is 42.4 Å². The van der Waals surface area contributed by atoms with E-state index >= 15 is 0 Å². The van der Waals surface area contributed by atoms with E-state index in [1.165, 1.54) is 6.07 Å². The topological polar surface area (TPSA) is 121 Å². The number of pyridine rings is 1. The Kier molecular flexibility index (Phi) is 6.66. The van der Waals surface area contributed by atoms with E-state index in [2.05, 4.69) is 20.5 Å². The number of aryl methyl sites for hydroxylation is 5. The number of halogens is 2. The lowest BCUT2D eigenvalue weighted by molar-refractivity contribution is -0.116. The number of carbonyl (C=O) groups is 2. The van der Waals surface area contributed by atoms with E-state index in [1.54, 1.807) is 22.5 Å². The van der Waals surface area contributed by atoms with Crippen LogP contribution in [0.4, 0.5) is 14.5 Å². The number of alkyl halides is 2. The monoisotopic (exact) mass is 501 g/mol. The minimum atomic E-state index is -2.82. The second-order valence-electron chi connectivity index (χ2n) is 8.18. The highest BCUT2D eigenvalue weighted by Gasteiger charge is 2.26. The number of nitrogens with one attached hydrogen (secondary N) is 1. The molecule has 0 aliphatic carbocycles. The molecule has 184 valence electrons. The molecule has 2 amide bonds. The number of hydrogen-bond acceptors (Lipinski definition) is 6. The number of rotatable bonds is 8. The standard InChI is InChI=1S/C23H25F2N7O2S/c1-5-31-10-15(13(4)30-31)14-9-16(21(24)25)27-23-18(14)19(20(35-23)22(26)34)28-17(33)6-7-32-12(3)8-11(2)29-32/h8-10,21H,5-7H2,1-4H3,(H2,26,34)(H,28,33). The van der Waals surface area contributed by atoms with Gasteiger partial charge in [0.2, 0.25) is 5.91 Å². The molecule has 0 radical (unpaired) electrons. The summed E-state index contributed by atoms with van der Waals surface area (Å²) in [6.07, 6.45) is -0.991. The third kappa shape index (κ3) is 4.78. The molecule has 0 atom stereocenters. The number of hydrogen-bond donors (Lipinski definition) is 2. The first-order valence-electron chi connectivity index (χ1n) is 11.0. The van der Waals surface area contributed by atoms with Gasteiger partial charge in [0.05, 0.1) is 17.1 Å². The van der Waals surface area contributed by atoms with Crippen LogP contribution < -0.4 is 11.1 Å². The normalized spacial score (nSPS) is 11.5. The van der Waals surface area contributed by atoms with E-state index in [0.717, 1.165) is 22.7 Å². The van der Waals surface area contributed by atoms with Gasteiger partial charge in [0.25, 0.3) is 12.3 Å².